The highest BCUT2D eigenvalue weighted by atomic mass is 14.8. The Morgan fingerprint density at radius 2 is 2.57 bits per heavy atom. The fraction of sp³-hybridized carbons (Fsp3) is 0.200. The van der Waals surface area contributed by atoms with Crippen molar-refractivity contribution in [3.63, 3.8) is 0 Å². The Morgan fingerprint density at radius 3 is 3.00 bits per heavy atom. The van der Waals surface area contributed by atoms with Gasteiger partial charge in [0.2, 0.25) is 0 Å². The third kappa shape index (κ3) is 4.99. The second kappa shape index (κ2) is 4.99. The lowest BCUT2D eigenvalue weighted by molar-refractivity contribution is 1.03. The predicted molar refractivity (Wildman–Crippen MR) is 30.5 cm³/mol. The SMILES string of the molecule is C=C=CNCC=N. The van der Waals surface area contributed by atoms with E-state index in [1.807, 2.05) is 0 Å². The van der Waals surface area contributed by atoms with Crippen molar-refractivity contribution >= 4 is 6.21 Å². The fourth-order valence-corrected chi connectivity index (χ4v) is 0.190. The van der Waals surface area contributed by atoms with Crippen molar-refractivity contribution in [1.29, 1.82) is 5.41 Å². The molecule has 0 saturated heterocycles. The molecule has 0 aromatic heterocycles. The summed E-state index contributed by atoms with van der Waals surface area (Å²) in [7, 11) is 0. The molecule has 0 fully saturated rings. The summed E-state index contributed by atoms with van der Waals surface area (Å²) in [5.41, 5.74) is 2.51. The van der Waals surface area contributed by atoms with Gasteiger partial charge in [0.1, 0.15) is 0 Å². The largest absolute Gasteiger partial charge is 0.380 e. The zero-order valence-corrected chi connectivity index (χ0v) is 4.07. The maximum Gasteiger partial charge on any atom is 0.0496 e. The Bertz CT molecular complexity index is 90.3. The molecule has 0 aromatic rings. The van der Waals surface area contributed by atoms with Gasteiger partial charge < -0.3 is 10.7 Å². The van der Waals surface area contributed by atoms with Gasteiger partial charge in [0, 0.05) is 19.0 Å². The molecule has 0 aliphatic carbocycles. The lowest BCUT2D eigenvalue weighted by Crippen LogP contribution is -2.05. The van der Waals surface area contributed by atoms with Crippen LogP contribution in [0.4, 0.5) is 0 Å². The van der Waals surface area contributed by atoms with E-state index in [9.17, 15) is 0 Å². The van der Waals surface area contributed by atoms with Gasteiger partial charge >= 0.3 is 0 Å². The molecule has 2 N–H and O–H groups in total. The third-order valence-corrected chi connectivity index (χ3v) is 0.424. The van der Waals surface area contributed by atoms with Crippen LogP contribution < -0.4 is 5.32 Å². The van der Waals surface area contributed by atoms with E-state index < -0.39 is 0 Å². The van der Waals surface area contributed by atoms with Crippen LogP contribution >= 0.6 is 0 Å². The van der Waals surface area contributed by atoms with Crippen LogP contribution in [-0.4, -0.2) is 12.8 Å². The van der Waals surface area contributed by atoms with E-state index >= 15 is 0 Å². The molecule has 2 heteroatoms. The van der Waals surface area contributed by atoms with Gasteiger partial charge in [-0.25, -0.2) is 0 Å². The second-order valence-electron chi connectivity index (χ2n) is 0.961. The molecular formula is C5H8N2. The molecule has 0 bridgehead atoms. The lowest BCUT2D eigenvalue weighted by Gasteiger charge is -1.84. The fourth-order valence-electron chi connectivity index (χ4n) is 0.190. The monoisotopic (exact) mass is 96.1 g/mol. The van der Waals surface area contributed by atoms with Crippen molar-refractivity contribution in [3.05, 3.63) is 18.5 Å². The van der Waals surface area contributed by atoms with Crippen LogP contribution in [0.5, 0.6) is 0 Å². The van der Waals surface area contributed by atoms with Crippen LogP contribution in [0.25, 0.3) is 0 Å². The van der Waals surface area contributed by atoms with Crippen LogP contribution in [0, 0.1) is 5.41 Å². The molecule has 0 aromatic carbocycles. The van der Waals surface area contributed by atoms with Crippen LogP contribution in [0.2, 0.25) is 0 Å². The Balaban J connectivity index is 2.97. The van der Waals surface area contributed by atoms with Crippen LogP contribution in [0.3, 0.4) is 0 Å². The van der Waals surface area contributed by atoms with Crippen molar-refractivity contribution in [1.82, 2.24) is 5.32 Å². The quantitative estimate of drug-likeness (QED) is 0.300. The highest BCUT2D eigenvalue weighted by molar-refractivity contribution is 5.55. The first kappa shape index (κ1) is 5.99. The normalized spacial score (nSPS) is 6.29. The smallest absolute Gasteiger partial charge is 0.0496 e. The molecule has 7 heavy (non-hydrogen) atoms. The van der Waals surface area contributed by atoms with Crippen molar-refractivity contribution < 1.29 is 0 Å². The van der Waals surface area contributed by atoms with Gasteiger partial charge in [0.25, 0.3) is 0 Å². The first-order valence-electron chi connectivity index (χ1n) is 1.98. The molecule has 38 valence electrons. The summed E-state index contributed by atoms with van der Waals surface area (Å²) >= 11 is 0. The maximum absolute atomic E-state index is 6.53. The van der Waals surface area contributed by atoms with Gasteiger partial charge in [-0.05, 0) is 0 Å². The molecule has 0 radical (unpaired) electrons. The molecule has 0 heterocycles. The maximum atomic E-state index is 6.53. The highest BCUT2D eigenvalue weighted by Crippen LogP contribution is 1.50. The Morgan fingerprint density at radius 1 is 1.86 bits per heavy atom. The van der Waals surface area contributed by atoms with Crippen LogP contribution in [0.1, 0.15) is 0 Å². The summed E-state index contributed by atoms with van der Waals surface area (Å²) in [6, 6.07) is 0. The summed E-state index contributed by atoms with van der Waals surface area (Å²) in [5, 5.41) is 9.27. The van der Waals surface area contributed by atoms with Crippen molar-refractivity contribution in [2.24, 2.45) is 0 Å². The molecular weight excluding hydrogens is 88.1 g/mol. The molecule has 0 spiro atoms. The molecule has 2 nitrogen and oxygen atoms in total. The first-order valence-corrected chi connectivity index (χ1v) is 1.98. The van der Waals surface area contributed by atoms with Crippen molar-refractivity contribution in [3.8, 4) is 0 Å². The van der Waals surface area contributed by atoms with E-state index in [2.05, 4.69) is 17.6 Å². The number of nitrogens with one attached hydrogen (secondary N) is 2. The summed E-state index contributed by atoms with van der Waals surface area (Å²) in [6.07, 6.45) is 2.85. The average molecular weight is 96.1 g/mol. The summed E-state index contributed by atoms with van der Waals surface area (Å²) in [6.45, 7) is 3.87. The second-order valence-corrected chi connectivity index (χ2v) is 0.961. The Hall–Kier alpha value is -1.01. The Labute approximate surface area is 43.1 Å². The molecule has 0 rings (SSSR count). The molecule has 0 saturated carbocycles. The number of hydrogen-bond donors (Lipinski definition) is 2. The highest BCUT2D eigenvalue weighted by Gasteiger charge is 1.63. The van der Waals surface area contributed by atoms with Gasteiger partial charge in [-0.15, -0.1) is 5.73 Å². The third-order valence-electron chi connectivity index (χ3n) is 0.424. The molecule has 0 unspecified atom stereocenters. The summed E-state index contributed by atoms with van der Waals surface area (Å²) in [4.78, 5) is 0. The molecule has 0 atom stereocenters. The van der Waals surface area contributed by atoms with Crippen LogP contribution in [0.15, 0.2) is 18.5 Å². The van der Waals surface area contributed by atoms with Gasteiger partial charge in [-0.2, -0.15) is 0 Å². The van der Waals surface area contributed by atoms with E-state index in [1.165, 1.54) is 6.21 Å². The molecule has 0 amide bonds. The Kier molecular flexibility index (Phi) is 4.27. The number of hydrogen-bond acceptors (Lipinski definition) is 2. The lowest BCUT2D eigenvalue weighted by atomic mass is 10.7. The summed E-state index contributed by atoms with van der Waals surface area (Å²) in [5.74, 6) is 0. The van der Waals surface area contributed by atoms with Crippen molar-refractivity contribution in [2.75, 3.05) is 6.54 Å². The van der Waals surface area contributed by atoms with Gasteiger partial charge in [-0.1, -0.05) is 6.58 Å². The minimum atomic E-state index is 0.558. The standard InChI is InChI=1S/C5H8N2/c1-2-4-7-5-3-6/h3-4,6-7H,1,5H2. The minimum Gasteiger partial charge on any atom is -0.380 e. The van der Waals surface area contributed by atoms with Gasteiger partial charge in [-0.3, -0.25) is 0 Å². The van der Waals surface area contributed by atoms with Crippen LogP contribution in [-0.2, 0) is 0 Å². The summed E-state index contributed by atoms with van der Waals surface area (Å²) < 4.78 is 0. The van der Waals surface area contributed by atoms with E-state index in [0.717, 1.165) is 0 Å². The first-order chi connectivity index (χ1) is 3.41. The van der Waals surface area contributed by atoms with E-state index in [-0.39, 0.29) is 0 Å². The predicted octanol–water partition coefficient (Wildman–Crippen LogP) is 0.524. The van der Waals surface area contributed by atoms with Crippen molar-refractivity contribution in [2.45, 2.75) is 0 Å². The zero-order valence-electron chi connectivity index (χ0n) is 4.07. The van der Waals surface area contributed by atoms with Gasteiger partial charge in [0.05, 0.1) is 0 Å². The van der Waals surface area contributed by atoms with E-state index in [1.54, 1.807) is 6.20 Å². The topological polar surface area (TPSA) is 35.9 Å². The molecule has 0 aliphatic heterocycles. The minimum absolute atomic E-state index is 0.558. The average Bonchev–Trinajstić information content (AvgIpc) is 1.69. The number of rotatable bonds is 3. The zero-order chi connectivity index (χ0) is 5.54. The van der Waals surface area contributed by atoms with E-state index in [4.69, 9.17) is 5.41 Å². The van der Waals surface area contributed by atoms with Gasteiger partial charge in [0.15, 0.2) is 0 Å². The van der Waals surface area contributed by atoms with E-state index in [0.29, 0.717) is 6.54 Å². The molecule has 0 aliphatic rings.